The summed E-state index contributed by atoms with van der Waals surface area (Å²) in [5.74, 6) is 0.448. The van der Waals surface area contributed by atoms with Crippen LogP contribution in [0.4, 0.5) is 17.1 Å². The van der Waals surface area contributed by atoms with Gasteiger partial charge in [-0.05, 0) is 172 Å². The Balaban J connectivity index is 0.00000277. The van der Waals surface area contributed by atoms with Crippen molar-refractivity contribution >= 4 is 61.3 Å². The number of allylic oxidation sites excluding steroid dienone is 5. The third kappa shape index (κ3) is 7.46. The summed E-state index contributed by atoms with van der Waals surface area (Å²) in [6, 6.07) is 71.0. The Bertz CT molecular complexity index is 3800. The van der Waals surface area contributed by atoms with Gasteiger partial charge in [-0.2, -0.15) is 0 Å². The lowest BCUT2D eigenvalue weighted by atomic mass is 9.73. The second-order valence-corrected chi connectivity index (χ2v) is 19.8. The van der Waals surface area contributed by atoms with E-state index in [0.29, 0.717) is 5.92 Å². The monoisotopic (exact) mass is 933 g/mol. The summed E-state index contributed by atoms with van der Waals surface area (Å²) in [5.41, 5.74) is 23.4. The highest BCUT2D eigenvalue weighted by atomic mass is 15.1. The molecule has 12 rings (SSSR count). The number of hydrogen-bond acceptors (Lipinski definition) is 1. The Morgan fingerprint density at radius 2 is 1.29 bits per heavy atom. The fourth-order valence-corrected chi connectivity index (χ4v) is 11.9. The van der Waals surface area contributed by atoms with Gasteiger partial charge in [-0.1, -0.05) is 192 Å². The summed E-state index contributed by atoms with van der Waals surface area (Å²) in [4.78, 5) is 2.52. The first kappa shape index (κ1) is 46.4. The molecule has 0 fully saturated rings. The predicted molar refractivity (Wildman–Crippen MR) is 312 cm³/mol. The average molecular weight is 933 g/mol. The highest BCUT2D eigenvalue weighted by Gasteiger charge is 2.47. The molecule has 2 unspecified atom stereocenters. The lowest BCUT2D eigenvalue weighted by Crippen LogP contribution is -2.23. The second-order valence-electron chi connectivity index (χ2n) is 19.8. The largest absolute Gasteiger partial charge is 0.310 e. The highest BCUT2D eigenvalue weighted by Crippen LogP contribution is 2.61. The van der Waals surface area contributed by atoms with Crippen molar-refractivity contribution in [1.29, 1.82) is 0 Å². The molecular formula is C70H64N2. The van der Waals surface area contributed by atoms with E-state index < -0.39 is 5.41 Å². The summed E-state index contributed by atoms with van der Waals surface area (Å²) in [7, 11) is 0. The first-order chi connectivity index (χ1) is 35.3. The van der Waals surface area contributed by atoms with Crippen LogP contribution < -0.4 is 4.90 Å². The van der Waals surface area contributed by atoms with Gasteiger partial charge < -0.3 is 9.47 Å². The number of fused-ring (bicyclic) bond motifs is 12. The number of nitrogens with zero attached hydrogens (tertiary/aromatic N) is 2. The highest BCUT2D eigenvalue weighted by molar-refractivity contribution is 6.13. The molecule has 1 aromatic heterocycles. The first-order valence-corrected chi connectivity index (χ1v) is 26.2. The van der Waals surface area contributed by atoms with Gasteiger partial charge in [-0.3, -0.25) is 0 Å². The molecule has 0 radical (unpaired) electrons. The standard InChI is InChI=1S/C68H58N2.C2H6/c1-7-9-25-53(44(3)4)60-40-48(31-34-54(60)46(6)8-2)49-32-35-59-62(41-49)68(38-37-47-21-13-17-29-61(47)68)63-43-66(56-27-14-15-28-58(56)67(59)63)69(51-24-19-20-45(5)39-51)52-33-36-57-55-26-16-18-30-64(55)70(65(57)42-52)50-22-11-10-12-23-50;1-2/h9-43,46H,7-8H2,1-6H3;1-2H3/b25-9-;. The Kier molecular flexibility index (Phi) is 12.3. The minimum atomic E-state index is -0.507. The Morgan fingerprint density at radius 1 is 0.597 bits per heavy atom. The molecule has 0 aliphatic heterocycles. The van der Waals surface area contributed by atoms with E-state index in [4.69, 9.17) is 0 Å². The average Bonchev–Trinajstić information content (AvgIpc) is 4.07. The van der Waals surface area contributed by atoms with E-state index in [9.17, 15) is 0 Å². The van der Waals surface area contributed by atoms with Crippen molar-refractivity contribution in [2.24, 2.45) is 0 Å². The van der Waals surface area contributed by atoms with Gasteiger partial charge in [0.1, 0.15) is 0 Å². The van der Waals surface area contributed by atoms with Gasteiger partial charge in [0.15, 0.2) is 0 Å². The van der Waals surface area contributed by atoms with Crippen LogP contribution in [0.3, 0.4) is 0 Å². The quantitative estimate of drug-likeness (QED) is 0.124. The van der Waals surface area contributed by atoms with Gasteiger partial charge in [0.05, 0.1) is 22.1 Å². The molecule has 72 heavy (non-hydrogen) atoms. The van der Waals surface area contributed by atoms with Crippen molar-refractivity contribution in [3.63, 3.8) is 0 Å². The summed E-state index contributed by atoms with van der Waals surface area (Å²) in [6.07, 6.45) is 11.6. The van der Waals surface area contributed by atoms with E-state index in [0.717, 1.165) is 35.6 Å². The molecule has 10 aromatic rings. The summed E-state index contributed by atoms with van der Waals surface area (Å²) in [6.45, 7) is 17.6. The molecule has 0 saturated heterocycles. The molecule has 2 heteroatoms. The molecule has 2 nitrogen and oxygen atoms in total. The fraction of sp³-hybridized carbons (Fsp3) is 0.171. The number of hydrogen-bond donors (Lipinski definition) is 0. The zero-order chi connectivity index (χ0) is 49.7. The minimum absolute atomic E-state index is 0.448. The van der Waals surface area contributed by atoms with Gasteiger partial charge in [0.2, 0.25) is 0 Å². The molecule has 354 valence electrons. The molecule has 0 amide bonds. The minimum Gasteiger partial charge on any atom is -0.310 e. The second kappa shape index (κ2) is 19.0. The molecule has 2 aliphatic carbocycles. The molecule has 9 aromatic carbocycles. The van der Waals surface area contributed by atoms with Gasteiger partial charge in [-0.25, -0.2) is 0 Å². The maximum absolute atomic E-state index is 2.54. The molecule has 0 saturated carbocycles. The van der Waals surface area contributed by atoms with Crippen LogP contribution in [-0.2, 0) is 5.41 Å². The number of rotatable bonds is 10. The molecular weight excluding hydrogens is 869 g/mol. The topological polar surface area (TPSA) is 8.17 Å². The van der Waals surface area contributed by atoms with E-state index >= 15 is 0 Å². The molecule has 1 spiro atoms. The lowest BCUT2D eigenvalue weighted by Gasteiger charge is -2.31. The third-order valence-electron chi connectivity index (χ3n) is 15.4. The van der Waals surface area contributed by atoms with Crippen LogP contribution in [0.2, 0.25) is 0 Å². The Labute approximate surface area is 426 Å². The van der Waals surface area contributed by atoms with Crippen LogP contribution in [0.15, 0.2) is 212 Å². The van der Waals surface area contributed by atoms with Crippen LogP contribution in [0.5, 0.6) is 0 Å². The SMILES string of the molecule is CC.CC/C=C\C(=C(C)C)c1cc(-c2ccc3c(c2)C2(C=Cc4ccccc42)c2cc(N(c4cccc(C)c4)c4ccc5c6ccccc6n(-c6ccccc6)c5c4)c4ccccc4c2-3)ccc1C(C)CC. The van der Waals surface area contributed by atoms with E-state index in [2.05, 4.69) is 263 Å². The van der Waals surface area contributed by atoms with Crippen molar-refractivity contribution < 1.29 is 0 Å². The number of aryl methyl sites for hydroxylation is 1. The van der Waals surface area contributed by atoms with Crippen molar-refractivity contribution in [2.75, 3.05) is 4.90 Å². The van der Waals surface area contributed by atoms with Gasteiger partial charge in [0.25, 0.3) is 0 Å². The van der Waals surface area contributed by atoms with Gasteiger partial charge >= 0.3 is 0 Å². The molecule has 2 aliphatic rings. The van der Waals surface area contributed by atoms with Crippen molar-refractivity contribution in [3.05, 3.63) is 251 Å². The third-order valence-corrected chi connectivity index (χ3v) is 15.4. The molecule has 1 heterocycles. The fourth-order valence-electron chi connectivity index (χ4n) is 11.9. The molecule has 0 bridgehead atoms. The number of benzene rings is 9. The zero-order valence-electron chi connectivity index (χ0n) is 43.1. The van der Waals surface area contributed by atoms with Crippen LogP contribution in [0, 0.1) is 6.92 Å². The van der Waals surface area contributed by atoms with Crippen LogP contribution in [0.25, 0.3) is 72.2 Å². The molecule has 0 N–H and O–H groups in total. The number of aromatic nitrogens is 1. The van der Waals surface area contributed by atoms with Gasteiger partial charge in [-0.15, -0.1) is 0 Å². The van der Waals surface area contributed by atoms with Gasteiger partial charge in [0, 0.05) is 33.2 Å². The van der Waals surface area contributed by atoms with Crippen LogP contribution in [-0.4, -0.2) is 4.57 Å². The van der Waals surface area contributed by atoms with Crippen molar-refractivity contribution in [3.8, 4) is 27.9 Å². The summed E-state index contributed by atoms with van der Waals surface area (Å²) < 4.78 is 2.43. The zero-order valence-corrected chi connectivity index (χ0v) is 43.1. The van der Waals surface area contributed by atoms with Crippen molar-refractivity contribution in [1.82, 2.24) is 4.57 Å². The smallest absolute Gasteiger partial charge is 0.0654 e. The van der Waals surface area contributed by atoms with E-state index in [1.165, 1.54) is 105 Å². The van der Waals surface area contributed by atoms with Crippen molar-refractivity contribution in [2.45, 2.75) is 79.6 Å². The Hall–Kier alpha value is -7.94. The Morgan fingerprint density at radius 3 is 2.07 bits per heavy atom. The normalized spacial score (nSPS) is 14.7. The number of para-hydroxylation sites is 2. The summed E-state index contributed by atoms with van der Waals surface area (Å²) >= 11 is 0. The van der Waals surface area contributed by atoms with E-state index in [1.807, 2.05) is 13.8 Å². The van der Waals surface area contributed by atoms with Crippen LogP contribution in [0.1, 0.15) is 106 Å². The first-order valence-electron chi connectivity index (χ1n) is 26.2. The van der Waals surface area contributed by atoms with E-state index in [1.54, 1.807) is 0 Å². The number of anilines is 3. The van der Waals surface area contributed by atoms with E-state index in [-0.39, 0.29) is 0 Å². The predicted octanol–water partition coefficient (Wildman–Crippen LogP) is 20.0. The maximum atomic E-state index is 2.54. The summed E-state index contributed by atoms with van der Waals surface area (Å²) in [5, 5.41) is 4.96. The lowest BCUT2D eigenvalue weighted by molar-refractivity contribution is 0.731. The van der Waals surface area contributed by atoms with Crippen LogP contribution >= 0.6 is 0 Å². The maximum Gasteiger partial charge on any atom is 0.0654 e. The molecule has 2 atom stereocenters.